The van der Waals surface area contributed by atoms with Gasteiger partial charge in [-0.05, 0) is 41.1 Å². The summed E-state index contributed by atoms with van der Waals surface area (Å²) in [5.41, 5.74) is 2.13. The summed E-state index contributed by atoms with van der Waals surface area (Å²) < 4.78 is 18.0. The molecule has 0 saturated carbocycles. The molecule has 3 heterocycles. The van der Waals surface area contributed by atoms with E-state index >= 15 is 0 Å². The fourth-order valence-electron chi connectivity index (χ4n) is 4.27. The number of carbonyl (C=O) groups is 1. The number of hydrogen-bond acceptors (Lipinski definition) is 7. The van der Waals surface area contributed by atoms with E-state index in [0.717, 1.165) is 64.8 Å². The van der Waals surface area contributed by atoms with Crippen LogP contribution in [0.3, 0.4) is 0 Å². The molecule has 8 heteroatoms. The normalized spacial score (nSPS) is 14.7. The Labute approximate surface area is 199 Å². The van der Waals surface area contributed by atoms with Crippen molar-refractivity contribution in [2.24, 2.45) is 0 Å². The van der Waals surface area contributed by atoms with Crippen LogP contribution in [0.15, 0.2) is 65.3 Å². The fourth-order valence-corrected chi connectivity index (χ4v) is 5.25. The summed E-state index contributed by atoms with van der Waals surface area (Å²) in [7, 11) is 0. The lowest BCUT2D eigenvalue weighted by Crippen LogP contribution is -2.38. The summed E-state index contributed by atoms with van der Waals surface area (Å²) >= 11 is 1.44. The third-order valence-electron chi connectivity index (χ3n) is 6.07. The highest BCUT2D eigenvalue weighted by Gasteiger charge is 2.18. The van der Waals surface area contributed by atoms with E-state index in [0.29, 0.717) is 23.1 Å². The Balaban J connectivity index is 1.27. The number of rotatable bonds is 6. The number of hydrogen-bond donors (Lipinski definition) is 1. The standard InChI is InChI=1S/C26H23N3O4S/c30-25(28-26-27-21-5-6-22-19(7-11-32-22)24(21)34-26)20-15-17-3-1-2-4-18(17)16-23(20)33-14-10-29-8-12-31-13-9-29/h1-7,11,15-16H,8-10,12-14H2,(H,27,28,30). The predicted octanol–water partition coefficient (Wildman–Crippen LogP) is 5.16. The number of amides is 1. The number of nitrogens with zero attached hydrogens (tertiary/aromatic N) is 2. The van der Waals surface area contributed by atoms with E-state index in [9.17, 15) is 4.79 Å². The van der Waals surface area contributed by atoms with Crippen LogP contribution in [0.2, 0.25) is 0 Å². The molecular weight excluding hydrogens is 450 g/mol. The zero-order valence-electron chi connectivity index (χ0n) is 18.5. The third kappa shape index (κ3) is 4.11. The summed E-state index contributed by atoms with van der Waals surface area (Å²) in [5, 5.41) is 6.53. The molecule has 3 aromatic carbocycles. The molecule has 2 aromatic heterocycles. The van der Waals surface area contributed by atoms with Crippen LogP contribution in [0.1, 0.15) is 10.4 Å². The van der Waals surface area contributed by atoms with E-state index < -0.39 is 0 Å². The summed E-state index contributed by atoms with van der Waals surface area (Å²) in [6, 6.07) is 17.5. The van der Waals surface area contributed by atoms with Gasteiger partial charge in [0.2, 0.25) is 0 Å². The maximum atomic E-state index is 13.4. The van der Waals surface area contributed by atoms with Gasteiger partial charge in [0, 0.05) is 25.0 Å². The quantitative estimate of drug-likeness (QED) is 0.367. The smallest absolute Gasteiger partial charge is 0.261 e. The molecule has 0 atom stereocenters. The molecule has 5 aromatic rings. The number of ether oxygens (including phenoxy) is 2. The number of anilines is 1. The van der Waals surface area contributed by atoms with Crippen molar-refractivity contribution in [2.75, 3.05) is 44.8 Å². The van der Waals surface area contributed by atoms with Gasteiger partial charge in [-0.2, -0.15) is 0 Å². The molecule has 6 rings (SSSR count). The Hall–Kier alpha value is -3.46. The van der Waals surface area contributed by atoms with Crippen molar-refractivity contribution in [1.82, 2.24) is 9.88 Å². The Morgan fingerprint density at radius 1 is 1.09 bits per heavy atom. The van der Waals surface area contributed by atoms with Crippen molar-refractivity contribution in [2.45, 2.75) is 0 Å². The lowest BCUT2D eigenvalue weighted by molar-refractivity contribution is 0.0322. The topological polar surface area (TPSA) is 76.8 Å². The summed E-state index contributed by atoms with van der Waals surface area (Å²) in [5.74, 6) is 0.331. The molecule has 0 unspecified atom stereocenters. The highest BCUT2D eigenvalue weighted by molar-refractivity contribution is 7.23. The lowest BCUT2D eigenvalue weighted by atomic mass is 10.1. The van der Waals surface area contributed by atoms with Gasteiger partial charge in [-0.25, -0.2) is 4.98 Å². The maximum Gasteiger partial charge on any atom is 0.261 e. The maximum absolute atomic E-state index is 13.4. The Morgan fingerprint density at radius 2 is 1.91 bits per heavy atom. The zero-order chi connectivity index (χ0) is 22.9. The largest absolute Gasteiger partial charge is 0.491 e. The van der Waals surface area contributed by atoms with Crippen LogP contribution < -0.4 is 10.1 Å². The molecule has 0 radical (unpaired) electrons. The van der Waals surface area contributed by atoms with Gasteiger partial charge in [-0.1, -0.05) is 35.6 Å². The number of morpholine rings is 1. The number of fused-ring (bicyclic) bond motifs is 4. The van der Waals surface area contributed by atoms with Crippen LogP contribution in [-0.2, 0) is 4.74 Å². The van der Waals surface area contributed by atoms with E-state index in [1.54, 1.807) is 6.26 Å². The first kappa shape index (κ1) is 21.1. The van der Waals surface area contributed by atoms with Crippen LogP contribution in [0.25, 0.3) is 32.0 Å². The average Bonchev–Trinajstić information content (AvgIpc) is 3.50. The minimum Gasteiger partial charge on any atom is -0.491 e. The van der Waals surface area contributed by atoms with Gasteiger partial charge in [0.25, 0.3) is 5.91 Å². The number of aromatic nitrogens is 1. The van der Waals surface area contributed by atoms with E-state index in [-0.39, 0.29) is 5.91 Å². The van der Waals surface area contributed by atoms with Crippen LogP contribution in [0.5, 0.6) is 5.75 Å². The Kier molecular flexibility index (Phi) is 5.62. The third-order valence-corrected chi connectivity index (χ3v) is 7.09. The Morgan fingerprint density at radius 3 is 2.76 bits per heavy atom. The van der Waals surface area contributed by atoms with Gasteiger partial charge in [-0.15, -0.1) is 0 Å². The second-order valence-electron chi connectivity index (χ2n) is 8.22. The van der Waals surface area contributed by atoms with Crippen LogP contribution in [0, 0.1) is 0 Å². The molecule has 1 fully saturated rings. The van der Waals surface area contributed by atoms with E-state index in [1.807, 2.05) is 54.6 Å². The number of nitrogens with one attached hydrogen (secondary N) is 1. The van der Waals surface area contributed by atoms with E-state index in [4.69, 9.17) is 13.9 Å². The van der Waals surface area contributed by atoms with Gasteiger partial charge in [0.05, 0.1) is 35.3 Å². The molecule has 0 bridgehead atoms. The molecule has 0 spiro atoms. The highest BCUT2D eigenvalue weighted by Crippen LogP contribution is 2.34. The predicted molar refractivity (Wildman–Crippen MR) is 134 cm³/mol. The zero-order valence-corrected chi connectivity index (χ0v) is 19.3. The number of thiazole rings is 1. The molecule has 1 N–H and O–H groups in total. The van der Waals surface area contributed by atoms with Crippen LogP contribution in [0.4, 0.5) is 5.13 Å². The van der Waals surface area contributed by atoms with Crippen molar-refractivity contribution >= 4 is 54.3 Å². The second-order valence-corrected chi connectivity index (χ2v) is 9.22. The molecular formula is C26H23N3O4S. The molecule has 1 aliphatic heterocycles. The summed E-state index contributed by atoms with van der Waals surface area (Å²) in [4.78, 5) is 20.3. The molecule has 0 aliphatic carbocycles. The van der Waals surface area contributed by atoms with Crippen LogP contribution >= 0.6 is 11.3 Å². The summed E-state index contributed by atoms with van der Waals surface area (Å²) in [6.45, 7) is 4.58. The van der Waals surface area contributed by atoms with Crippen molar-refractivity contribution in [3.8, 4) is 5.75 Å². The molecule has 1 saturated heterocycles. The van der Waals surface area contributed by atoms with Crippen molar-refractivity contribution < 1.29 is 18.7 Å². The number of carbonyl (C=O) groups excluding carboxylic acids is 1. The van der Waals surface area contributed by atoms with Crippen molar-refractivity contribution in [3.63, 3.8) is 0 Å². The van der Waals surface area contributed by atoms with Gasteiger partial charge in [0.1, 0.15) is 17.9 Å². The average molecular weight is 474 g/mol. The summed E-state index contributed by atoms with van der Waals surface area (Å²) in [6.07, 6.45) is 1.66. The number of benzene rings is 3. The fraction of sp³-hybridized carbons (Fsp3) is 0.231. The monoisotopic (exact) mass is 473 g/mol. The van der Waals surface area contributed by atoms with Gasteiger partial charge < -0.3 is 13.9 Å². The van der Waals surface area contributed by atoms with E-state index in [2.05, 4.69) is 15.2 Å². The minimum atomic E-state index is -0.241. The number of furan rings is 1. The van der Waals surface area contributed by atoms with Crippen LogP contribution in [-0.4, -0.2) is 55.2 Å². The Bertz CT molecular complexity index is 1490. The van der Waals surface area contributed by atoms with Gasteiger partial charge >= 0.3 is 0 Å². The first-order chi connectivity index (χ1) is 16.7. The minimum absolute atomic E-state index is 0.241. The lowest BCUT2D eigenvalue weighted by Gasteiger charge is -2.26. The molecule has 1 amide bonds. The van der Waals surface area contributed by atoms with Gasteiger partial charge in [-0.3, -0.25) is 15.0 Å². The molecule has 34 heavy (non-hydrogen) atoms. The second kappa shape index (κ2) is 9.06. The first-order valence-electron chi connectivity index (χ1n) is 11.3. The van der Waals surface area contributed by atoms with Crippen molar-refractivity contribution in [3.05, 3.63) is 66.4 Å². The molecule has 7 nitrogen and oxygen atoms in total. The van der Waals surface area contributed by atoms with Gasteiger partial charge in [0.15, 0.2) is 5.13 Å². The van der Waals surface area contributed by atoms with Crippen molar-refractivity contribution in [1.29, 1.82) is 0 Å². The SMILES string of the molecule is O=C(Nc1nc2ccc3occc3c2s1)c1cc2ccccc2cc1OCCN1CCOCC1. The molecule has 1 aliphatic rings. The first-order valence-corrected chi connectivity index (χ1v) is 12.1. The van der Waals surface area contributed by atoms with E-state index in [1.165, 1.54) is 11.3 Å². The highest BCUT2D eigenvalue weighted by atomic mass is 32.1. The molecule has 172 valence electrons.